The highest BCUT2D eigenvalue weighted by Gasteiger charge is 2.28. The summed E-state index contributed by atoms with van der Waals surface area (Å²) in [5, 5.41) is 0. The summed E-state index contributed by atoms with van der Waals surface area (Å²) in [7, 11) is -0.479. The van der Waals surface area contributed by atoms with Crippen LogP contribution >= 0.6 is 0 Å². The second-order valence-electron chi connectivity index (χ2n) is 4.48. The van der Waals surface area contributed by atoms with E-state index in [0.29, 0.717) is 24.6 Å². The number of nitrogens with zero attached hydrogens (tertiary/aromatic N) is 1. The molecule has 1 aliphatic heterocycles. The summed E-state index contributed by atoms with van der Waals surface area (Å²) in [4.78, 5) is 0.206. The molecule has 1 fully saturated rings. The molecule has 0 aliphatic carbocycles. The molecule has 19 heavy (non-hydrogen) atoms. The predicted molar refractivity (Wildman–Crippen MR) is 72.2 cm³/mol. The van der Waals surface area contributed by atoms with Gasteiger partial charge in [-0.25, -0.2) is 8.42 Å². The smallest absolute Gasteiger partial charge is 0.246 e. The van der Waals surface area contributed by atoms with Gasteiger partial charge in [0.2, 0.25) is 10.0 Å². The lowest BCUT2D eigenvalue weighted by Crippen LogP contribution is -2.35. The maximum Gasteiger partial charge on any atom is 0.246 e. The van der Waals surface area contributed by atoms with Gasteiger partial charge < -0.3 is 9.47 Å². The van der Waals surface area contributed by atoms with Gasteiger partial charge in [-0.2, -0.15) is 4.31 Å². The van der Waals surface area contributed by atoms with Crippen molar-refractivity contribution in [3.8, 4) is 11.5 Å². The molecular weight excluding hydrogens is 266 g/mol. The molecule has 1 heterocycles. The molecule has 6 heteroatoms. The van der Waals surface area contributed by atoms with Gasteiger partial charge in [0, 0.05) is 19.2 Å². The maximum absolute atomic E-state index is 12.6. The third-order valence-electron chi connectivity index (χ3n) is 3.30. The zero-order valence-electron chi connectivity index (χ0n) is 11.3. The number of hydrogen-bond donors (Lipinski definition) is 0. The molecule has 1 saturated heterocycles. The van der Waals surface area contributed by atoms with Gasteiger partial charge >= 0.3 is 0 Å². The van der Waals surface area contributed by atoms with Gasteiger partial charge in [-0.05, 0) is 25.0 Å². The minimum Gasteiger partial charge on any atom is -0.497 e. The Kier molecular flexibility index (Phi) is 4.31. The summed E-state index contributed by atoms with van der Waals surface area (Å²) in [6.45, 7) is 1.16. The van der Waals surface area contributed by atoms with E-state index < -0.39 is 10.0 Å². The van der Waals surface area contributed by atoms with Crippen LogP contribution in [0.4, 0.5) is 0 Å². The fourth-order valence-corrected chi connectivity index (χ4v) is 3.89. The van der Waals surface area contributed by atoms with Crippen LogP contribution in [0.5, 0.6) is 11.5 Å². The number of benzene rings is 1. The highest BCUT2D eigenvalue weighted by atomic mass is 32.2. The number of ether oxygens (including phenoxy) is 2. The van der Waals surface area contributed by atoms with Gasteiger partial charge in [0.25, 0.3) is 0 Å². The van der Waals surface area contributed by atoms with Crippen LogP contribution in [0.25, 0.3) is 0 Å². The zero-order chi connectivity index (χ0) is 13.9. The fourth-order valence-electron chi connectivity index (χ4n) is 2.23. The Morgan fingerprint density at radius 3 is 2.32 bits per heavy atom. The van der Waals surface area contributed by atoms with Crippen LogP contribution in [0.2, 0.25) is 0 Å². The van der Waals surface area contributed by atoms with Crippen molar-refractivity contribution in [2.24, 2.45) is 0 Å². The molecule has 0 aromatic heterocycles. The van der Waals surface area contributed by atoms with Gasteiger partial charge in [-0.3, -0.25) is 0 Å². The number of rotatable bonds is 4. The monoisotopic (exact) mass is 285 g/mol. The van der Waals surface area contributed by atoms with Crippen LogP contribution in [0, 0.1) is 0 Å². The molecule has 106 valence electrons. The third-order valence-corrected chi connectivity index (χ3v) is 5.24. The summed E-state index contributed by atoms with van der Waals surface area (Å²) in [5.41, 5.74) is 0. The lowest BCUT2D eigenvalue weighted by atomic mass is 10.2. The van der Waals surface area contributed by atoms with E-state index in [0.717, 1.165) is 19.3 Å². The molecule has 1 aliphatic rings. The second kappa shape index (κ2) is 5.79. The first-order chi connectivity index (χ1) is 9.09. The largest absolute Gasteiger partial charge is 0.497 e. The predicted octanol–water partition coefficient (Wildman–Crippen LogP) is 1.88. The molecule has 1 aromatic rings. The Hall–Kier alpha value is -1.27. The normalized spacial score (nSPS) is 17.2. The second-order valence-corrected chi connectivity index (χ2v) is 6.39. The summed E-state index contributed by atoms with van der Waals surface area (Å²) in [6, 6.07) is 4.78. The molecule has 1 aromatic carbocycles. The SMILES string of the molecule is COc1ccc(S(=O)(=O)N2CCCCC2)c(OC)c1. The molecule has 5 nitrogen and oxygen atoms in total. The first-order valence-corrected chi connectivity index (χ1v) is 7.76. The van der Waals surface area contributed by atoms with Crippen LogP contribution < -0.4 is 9.47 Å². The van der Waals surface area contributed by atoms with Crippen molar-refractivity contribution in [3.05, 3.63) is 18.2 Å². The van der Waals surface area contributed by atoms with E-state index in [-0.39, 0.29) is 4.90 Å². The van der Waals surface area contributed by atoms with Crippen molar-refractivity contribution in [2.45, 2.75) is 24.2 Å². The number of piperidine rings is 1. The summed E-state index contributed by atoms with van der Waals surface area (Å²) < 4.78 is 36.9. The van der Waals surface area contributed by atoms with Crippen LogP contribution in [0.1, 0.15) is 19.3 Å². The Morgan fingerprint density at radius 1 is 1.05 bits per heavy atom. The van der Waals surface area contributed by atoms with Gasteiger partial charge in [0.05, 0.1) is 14.2 Å². The van der Waals surface area contributed by atoms with Crippen LogP contribution in [0.15, 0.2) is 23.1 Å². The number of methoxy groups -OCH3 is 2. The number of hydrogen-bond acceptors (Lipinski definition) is 4. The van der Waals surface area contributed by atoms with E-state index >= 15 is 0 Å². The Bertz CT molecular complexity index is 536. The molecule has 0 atom stereocenters. The highest BCUT2D eigenvalue weighted by Crippen LogP contribution is 2.31. The average Bonchev–Trinajstić information content (AvgIpc) is 2.47. The lowest BCUT2D eigenvalue weighted by Gasteiger charge is -2.26. The fraction of sp³-hybridized carbons (Fsp3) is 0.538. The van der Waals surface area contributed by atoms with Crippen molar-refractivity contribution >= 4 is 10.0 Å². The van der Waals surface area contributed by atoms with Crippen LogP contribution in [-0.2, 0) is 10.0 Å². The van der Waals surface area contributed by atoms with Crippen molar-refractivity contribution in [1.29, 1.82) is 0 Å². The third kappa shape index (κ3) is 2.84. The van der Waals surface area contributed by atoms with E-state index in [1.807, 2.05) is 0 Å². The van der Waals surface area contributed by atoms with Crippen molar-refractivity contribution in [1.82, 2.24) is 4.31 Å². The van der Waals surface area contributed by atoms with E-state index in [1.165, 1.54) is 18.5 Å². The lowest BCUT2D eigenvalue weighted by molar-refractivity contribution is 0.342. The van der Waals surface area contributed by atoms with Crippen molar-refractivity contribution < 1.29 is 17.9 Å². The minimum absolute atomic E-state index is 0.206. The standard InChI is InChI=1S/C13H19NO4S/c1-17-11-6-7-13(12(10-11)18-2)19(15,16)14-8-4-3-5-9-14/h6-7,10H,3-5,8-9H2,1-2H3. The van der Waals surface area contributed by atoms with E-state index in [9.17, 15) is 8.42 Å². The molecule has 0 bridgehead atoms. The zero-order valence-corrected chi connectivity index (χ0v) is 12.1. The summed E-state index contributed by atoms with van der Waals surface area (Å²) >= 11 is 0. The van der Waals surface area contributed by atoms with Crippen LogP contribution in [-0.4, -0.2) is 40.0 Å². The summed E-state index contributed by atoms with van der Waals surface area (Å²) in [5.74, 6) is 0.902. The van der Waals surface area contributed by atoms with Gasteiger partial charge in [-0.15, -0.1) is 0 Å². The topological polar surface area (TPSA) is 55.8 Å². The van der Waals surface area contributed by atoms with E-state index in [1.54, 1.807) is 18.2 Å². The van der Waals surface area contributed by atoms with Crippen molar-refractivity contribution in [3.63, 3.8) is 0 Å². The van der Waals surface area contributed by atoms with E-state index in [2.05, 4.69) is 0 Å². The van der Waals surface area contributed by atoms with Crippen LogP contribution in [0.3, 0.4) is 0 Å². The molecule has 0 N–H and O–H groups in total. The molecular formula is C13H19NO4S. The maximum atomic E-state index is 12.6. The van der Waals surface area contributed by atoms with Gasteiger partial charge in [-0.1, -0.05) is 6.42 Å². The van der Waals surface area contributed by atoms with Gasteiger partial charge in [0.1, 0.15) is 16.4 Å². The van der Waals surface area contributed by atoms with Gasteiger partial charge in [0.15, 0.2) is 0 Å². The quantitative estimate of drug-likeness (QED) is 0.847. The molecule has 2 rings (SSSR count). The number of sulfonamides is 1. The average molecular weight is 285 g/mol. The minimum atomic E-state index is -3.48. The Labute approximate surface area is 114 Å². The molecule has 0 saturated carbocycles. The molecule has 0 amide bonds. The Morgan fingerprint density at radius 2 is 1.74 bits per heavy atom. The molecule has 0 unspecified atom stereocenters. The summed E-state index contributed by atoms with van der Waals surface area (Å²) in [6.07, 6.45) is 2.92. The first kappa shape index (κ1) is 14.1. The molecule has 0 spiro atoms. The Balaban J connectivity index is 2.39. The molecule has 0 radical (unpaired) electrons. The van der Waals surface area contributed by atoms with E-state index in [4.69, 9.17) is 9.47 Å². The first-order valence-electron chi connectivity index (χ1n) is 6.32. The highest BCUT2D eigenvalue weighted by molar-refractivity contribution is 7.89. The van der Waals surface area contributed by atoms with Crippen molar-refractivity contribution in [2.75, 3.05) is 27.3 Å².